The normalized spacial score (nSPS) is 15.7. The summed E-state index contributed by atoms with van der Waals surface area (Å²) in [5, 5.41) is 2.86. The summed E-state index contributed by atoms with van der Waals surface area (Å²) in [6.07, 6.45) is 2.13. The van der Waals surface area contributed by atoms with Crippen LogP contribution >= 0.6 is 0 Å². The van der Waals surface area contributed by atoms with E-state index in [1.807, 2.05) is 61.5 Å². The summed E-state index contributed by atoms with van der Waals surface area (Å²) < 4.78 is 29.6. The van der Waals surface area contributed by atoms with Crippen molar-refractivity contribution in [2.24, 2.45) is 4.40 Å². The van der Waals surface area contributed by atoms with Gasteiger partial charge in [-0.2, -0.15) is 8.42 Å². The molecule has 0 radical (unpaired) electrons. The SMILES string of the molecule is CCc1ccccc1NC(=O)C1=CN(Cc2ccccc2)S(=O)(=O)N=C1C. The van der Waals surface area contributed by atoms with E-state index in [1.165, 1.54) is 13.1 Å². The highest BCUT2D eigenvalue weighted by molar-refractivity contribution is 7.88. The van der Waals surface area contributed by atoms with Crippen molar-refractivity contribution in [1.82, 2.24) is 4.31 Å². The number of amides is 1. The smallest absolute Gasteiger partial charge is 0.322 e. The van der Waals surface area contributed by atoms with Crippen molar-refractivity contribution < 1.29 is 13.2 Å². The fraction of sp³-hybridized carbons (Fsp3) is 0.200. The average Bonchev–Trinajstić information content (AvgIpc) is 2.64. The van der Waals surface area contributed by atoms with E-state index in [0.717, 1.165) is 21.9 Å². The fourth-order valence-corrected chi connectivity index (χ4v) is 3.93. The Labute approximate surface area is 159 Å². The van der Waals surface area contributed by atoms with Crippen molar-refractivity contribution in [3.63, 3.8) is 0 Å². The minimum absolute atomic E-state index is 0.113. The average molecular weight is 383 g/mol. The lowest BCUT2D eigenvalue weighted by Gasteiger charge is -2.24. The van der Waals surface area contributed by atoms with Crippen LogP contribution in [0.5, 0.6) is 0 Å². The molecule has 27 heavy (non-hydrogen) atoms. The van der Waals surface area contributed by atoms with E-state index in [9.17, 15) is 13.2 Å². The van der Waals surface area contributed by atoms with Gasteiger partial charge < -0.3 is 5.32 Å². The number of benzene rings is 2. The molecule has 0 bridgehead atoms. The van der Waals surface area contributed by atoms with Crippen molar-refractivity contribution >= 4 is 27.5 Å². The van der Waals surface area contributed by atoms with Crippen LogP contribution in [-0.4, -0.2) is 24.3 Å². The first kappa shape index (κ1) is 18.8. The number of nitrogens with zero attached hydrogens (tertiary/aromatic N) is 2. The van der Waals surface area contributed by atoms with Crippen LogP contribution in [-0.2, 0) is 28.0 Å². The third-order valence-corrected chi connectivity index (χ3v) is 5.62. The van der Waals surface area contributed by atoms with E-state index in [0.29, 0.717) is 5.69 Å². The molecule has 2 aromatic rings. The summed E-state index contributed by atoms with van der Waals surface area (Å²) in [6.45, 7) is 3.64. The summed E-state index contributed by atoms with van der Waals surface area (Å²) in [4.78, 5) is 12.8. The summed E-state index contributed by atoms with van der Waals surface area (Å²) >= 11 is 0. The van der Waals surface area contributed by atoms with Crippen LogP contribution in [0, 0.1) is 0 Å². The van der Waals surface area contributed by atoms with E-state index in [1.54, 1.807) is 0 Å². The van der Waals surface area contributed by atoms with Crippen LogP contribution in [0.3, 0.4) is 0 Å². The number of anilines is 1. The van der Waals surface area contributed by atoms with E-state index in [2.05, 4.69) is 9.71 Å². The van der Waals surface area contributed by atoms with Gasteiger partial charge in [-0.1, -0.05) is 55.5 Å². The number of aryl methyl sites for hydroxylation is 1. The number of carbonyl (C=O) groups excluding carboxylic acids is 1. The van der Waals surface area contributed by atoms with Crippen molar-refractivity contribution in [3.8, 4) is 0 Å². The van der Waals surface area contributed by atoms with Gasteiger partial charge in [0.2, 0.25) is 0 Å². The van der Waals surface area contributed by atoms with Crippen LogP contribution in [0.25, 0.3) is 0 Å². The molecule has 1 N–H and O–H groups in total. The predicted molar refractivity (Wildman–Crippen MR) is 107 cm³/mol. The minimum Gasteiger partial charge on any atom is -0.322 e. The summed E-state index contributed by atoms with van der Waals surface area (Å²) in [5.41, 5.74) is 2.92. The number of rotatable bonds is 5. The molecule has 7 heteroatoms. The van der Waals surface area contributed by atoms with Crippen molar-refractivity contribution in [3.05, 3.63) is 77.5 Å². The van der Waals surface area contributed by atoms with Gasteiger partial charge in [-0.25, -0.2) is 0 Å². The van der Waals surface area contributed by atoms with Gasteiger partial charge >= 0.3 is 10.2 Å². The zero-order chi connectivity index (χ0) is 19.4. The second kappa shape index (κ2) is 7.75. The molecule has 2 aromatic carbocycles. The first-order valence-corrected chi connectivity index (χ1v) is 10.0. The Morgan fingerprint density at radius 2 is 1.74 bits per heavy atom. The number of para-hydroxylation sites is 1. The molecule has 1 aliphatic heterocycles. The van der Waals surface area contributed by atoms with E-state index in [-0.39, 0.29) is 23.7 Å². The van der Waals surface area contributed by atoms with Gasteiger partial charge in [0, 0.05) is 11.9 Å². The first-order valence-electron chi connectivity index (χ1n) is 8.64. The summed E-state index contributed by atoms with van der Waals surface area (Å²) in [5.74, 6) is -0.384. The van der Waals surface area contributed by atoms with Gasteiger partial charge in [0.1, 0.15) is 0 Å². The van der Waals surface area contributed by atoms with Crippen LogP contribution in [0.2, 0.25) is 0 Å². The number of nitrogens with one attached hydrogen (secondary N) is 1. The van der Waals surface area contributed by atoms with Crippen LogP contribution in [0.1, 0.15) is 25.0 Å². The molecule has 0 aromatic heterocycles. The maximum absolute atomic E-state index is 12.8. The molecule has 1 amide bonds. The zero-order valence-electron chi connectivity index (χ0n) is 15.2. The highest BCUT2D eigenvalue weighted by Crippen LogP contribution is 2.22. The maximum atomic E-state index is 12.8. The number of hydrogen-bond acceptors (Lipinski definition) is 3. The molecule has 0 saturated carbocycles. The molecule has 140 valence electrons. The highest BCUT2D eigenvalue weighted by Gasteiger charge is 2.28. The van der Waals surface area contributed by atoms with Gasteiger partial charge in [-0.15, -0.1) is 4.40 Å². The van der Waals surface area contributed by atoms with Crippen LogP contribution < -0.4 is 5.32 Å². The van der Waals surface area contributed by atoms with Crippen molar-refractivity contribution in [1.29, 1.82) is 0 Å². The van der Waals surface area contributed by atoms with E-state index >= 15 is 0 Å². The number of hydrogen-bond donors (Lipinski definition) is 1. The molecule has 0 atom stereocenters. The van der Waals surface area contributed by atoms with Crippen LogP contribution in [0.15, 0.2) is 70.8 Å². The van der Waals surface area contributed by atoms with Gasteiger partial charge in [-0.3, -0.25) is 9.10 Å². The molecule has 0 fully saturated rings. The highest BCUT2D eigenvalue weighted by atomic mass is 32.2. The zero-order valence-corrected chi connectivity index (χ0v) is 16.0. The van der Waals surface area contributed by atoms with E-state index in [4.69, 9.17) is 0 Å². The van der Waals surface area contributed by atoms with Gasteiger partial charge in [0.05, 0.1) is 17.8 Å². The lowest BCUT2D eigenvalue weighted by Crippen LogP contribution is -2.32. The Balaban J connectivity index is 1.88. The van der Waals surface area contributed by atoms with Crippen molar-refractivity contribution in [2.75, 3.05) is 5.32 Å². The molecule has 3 rings (SSSR count). The molecule has 1 aliphatic rings. The minimum atomic E-state index is -3.86. The van der Waals surface area contributed by atoms with Gasteiger partial charge in [0.25, 0.3) is 5.91 Å². The standard InChI is InChI=1S/C20H21N3O3S/c1-3-17-11-7-8-12-19(17)21-20(24)18-14-23(27(25,26)22-15(18)2)13-16-9-5-4-6-10-16/h4-12,14H,3,13H2,1-2H3,(H,21,24). The molecule has 0 aliphatic carbocycles. The Morgan fingerprint density at radius 3 is 2.44 bits per heavy atom. The second-order valence-corrected chi connectivity index (χ2v) is 7.74. The Kier molecular flexibility index (Phi) is 5.41. The quantitative estimate of drug-likeness (QED) is 0.860. The number of carbonyl (C=O) groups is 1. The monoisotopic (exact) mass is 383 g/mol. The molecule has 0 unspecified atom stereocenters. The Morgan fingerprint density at radius 1 is 1.07 bits per heavy atom. The van der Waals surface area contributed by atoms with E-state index < -0.39 is 10.2 Å². The fourth-order valence-electron chi connectivity index (χ4n) is 2.83. The lowest BCUT2D eigenvalue weighted by molar-refractivity contribution is -0.112. The maximum Gasteiger partial charge on any atom is 0.344 e. The largest absolute Gasteiger partial charge is 0.344 e. The predicted octanol–water partition coefficient (Wildman–Crippen LogP) is 3.29. The van der Waals surface area contributed by atoms with Crippen LogP contribution in [0.4, 0.5) is 5.69 Å². The molecular weight excluding hydrogens is 362 g/mol. The van der Waals surface area contributed by atoms with Gasteiger partial charge in [0.15, 0.2) is 0 Å². The van der Waals surface area contributed by atoms with Crippen molar-refractivity contribution in [2.45, 2.75) is 26.8 Å². The molecular formula is C20H21N3O3S. The summed E-state index contributed by atoms with van der Waals surface area (Å²) in [7, 11) is -3.86. The van der Waals surface area contributed by atoms with Gasteiger partial charge in [-0.05, 0) is 30.5 Å². The lowest BCUT2D eigenvalue weighted by atomic mass is 10.1. The first-order chi connectivity index (χ1) is 12.9. The third-order valence-electron chi connectivity index (χ3n) is 4.28. The molecule has 0 saturated heterocycles. The second-order valence-electron chi connectivity index (χ2n) is 6.19. The topological polar surface area (TPSA) is 78.8 Å². The Bertz CT molecular complexity index is 1010. The molecule has 0 spiro atoms. The summed E-state index contributed by atoms with van der Waals surface area (Å²) in [6, 6.07) is 16.7. The molecule has 6 nitrogen and oxygen atoms in total. The Hall–Kier alpha value is -2.93. The third kappa shape index (κ3) is 4.25. The molecule has 1 heterocycles.